The van der Waals surface area contributed by atoms with Crippen LogP contribution in [0.1, 0.15) is 45.4 Å². The lowest BCUT2D eigenvalue weighted by Crippen LogP contribution is -2.48. The van der Waals surface area contributed by atoms with E-state index in [1.54, 1.807) is 0 Å². The van der Waals surface area contributed by atoms with Crippen LogP contribution in [0.25, 0.3) is 0 Å². The first-order valence-electron chi connectivity index (χ1n) is 6.66. The van der Waals surface area contributed by atoms with Crippen molar-refractivity contribution in [2.45, 2.75) is 51.5 Å². The lowest BCUT2D eigenvalue weighted by atomic mass is 9.90. The lowest BCUT2D eigenvalue weighted by Gasteiger charge is -2.28. The van der Waals surface area contributed by atoms with Gasteiger partial charge >= 0.3 is 0 Å². The number of hydrogen-bond donors (Lipinski definition) is 2. The van der Waals surface area contributed by atoms with E-state index >= 15 is 0 Å². The summed E-state index contributed by atoms with van der Waals surface area (Å²) in [6.45, 7) is 3.83. The van der Waals surface area contributed by atoms with Gasteiger partial charge in [0, 0.05) is 13.0 Å². The van der Waals surface area contributed by atoms with E-state index in [4.69, 9.17) is 5.26 Å². The van der Waals surface area contributed by atoms with E-state index < -0.39 is 0 Å². The second-order valence-electron chi connectivity index (χ2n) is 4.71. The minimum atomic E-state index is -0.00957. The minimum absolute atomic E-state index is 0.00957. The molecule has 1 fully saturated rings. The largest absolute Gasteiger partial charge is 0.355 e. The van der Waals surface area contributed by atoms with Crippen molar-refractivity contribution in [1.29, 1.82) is 5.26 Å². The molecule has 1 aliphatic heterocycles. The van der Waals surface area contributed by atoms with Crippen molar-refractivity contribution in [1.82, 2.24) is 10.6 Å². The quantitative estimate of drug-likeness (QED) is 0.689. The van der Waals surface area contributed by atoms with Gasteiger partial charge in [-0.15, -0.1) is 0 Å². The van der Waals surface area contributed by atoms with Crippen LogP contribution in [-0.4, -0.2) is 25.0 Å². The third kappa shape index (κ3) is 5.18. The van der Waals surface area contributed by atoms with Crippen molar-refractivity contribution in [3.8, 4) is 6.07 Å². The fraction of sp³-hybridized carbons (Fsp3) is 0.846. The summed E-state index contributed by atoms with van der Waals surface area (Å²) in [6, 6.07) is 2.10. The molecule has 0 aromatic rings. The molecule has 2 N–H and O–H groups in total. The second kappa shape index (κ2) is 8.08. The molecule has 96 valence electrons. The molecular weight excluding hydrogens is 214 g/mol. The zero-order valence-electron chi connectivity index (χ0n) is 10.7. The third-order valence-electron chi connectivity index (χ3n) is 3.42. The molecule has 0 bridgehead atoms. The standard InChI is InChI=1S/C13H23N3O/c1-2-11-6-9-15-12(10-11)13(17)16-8-5-3-4-7-14/h11-12,15H,2-6,8-10H2,1H3,(H,16,17). The average molecular weight is 237 g/mol. The van der Waals surface area contributed by atoms with E-state index in [0.717, 1.165) is 32.2 Å². The van der Waals surface area contributed by atoms with Gasteiger partial charge in [0.15, 0.2) is 0 Å². The van der Waals surface area contributed by atoms with Gasteiger partial charge in [0.25, 0.3) is 0 Å². The number of carbonyl (C=O) groups is 1. The van der Waals surface area contributed by atoms with Crippen LogP contribution in [0.5, 0.6) is 0 Å². The first kappa shape index (κ1) is 14.0. The Morgan fingerprint density at radius 1 is 1.53 bits per heavy atom. The van der Waals surface area contributed by atoms with Crippen molar-refractivity contribution < 1.29 is 4.79 Å². The Kier molecular flexibility index (Phi) is 6.64. The smallest absolute Gasteiger partial charge is 0.237 e. The minimum Gasteiger partial charge on any atom is -0.355 e. The van der Waals surface area contributed by atoms with E-state index in [1.807, 2.05) is 0 Å². The van der Waals surface area contributed by atoms with Crippen molar-refractivity contribution in [3.05, 3.63) is 0 Å². The highest BCUT2D eigenvalue weighted by molar-refractivity contribution is 5.81. The summed E-state index contributed by atoms with van der Waals surface area (Å²) in [5, 5.41) is 14.6. The summed E-state index contributed by atoms with van der Waals surface area (Å²) < 4.78 is 0. The number of nitrogens with zero attached hydrogens (tertiary/aromatic N) is 1. The Balaban J connectivity index is 2.16. The van der Waals surface area contributed by atoms with Crippen LogP contribution >= 0.6 is 0 Å². The first-order valence-corrected chi connectivity index (χ1v) is 6.66. The Morgan fingerprint density at radius 2 is 2.35 bits per heavy atom. The number of unbranched alkanes of at least 4 members (excludes halogenated alkanes) is 2. The van der Waals surface area contributed by atoms with Crippen LogP contribution in [0.15, 0.2) is 0 Å². The van der Waals surface area contributed by atoms with Gasteiger partial charge in [-0.3, -0.25) is 4.79 Å². The fourth-order valence-electron chi connectivity index (χ4n) is 2.23. The Hall–Kier alpha value is -1.08. The van der Waals surface area contributed by atoms with Gasteiger partial charge in [-0.25, -0.2) is 0 Å². The molecule has 0 spiro atoms. The van der Waals surface area contributed by atoms with Gasteiger partial charge in [-0.2, -0.15) is 5.26 Å². The fourth-order valence-corrected chi connectivity index (χ4v) is 2.23. The number of hydrogen-bond acceptors (Lipinski definition) is 3. The average Bonchev–Trinajstić information content (AvgIpc) is 2.38. The molecule has 0 aliphatic carbocycles. The summed E-state index contributed by atoms with van der Waals surface area (Å²) in [4.78, 5) is 11.9. The van der Waals surface area contributed by atoms with Crippen LogP contribution in [0.2, 0.25) is 0 Å². The van der Waals surface area contributed by atoms with Gasteiger partial charge in [-0.05, 0) is 38.1 Å². The summed E-state index contributed by atoms with van der Waals surface area (Å²) in [5.74, 6) is 0.811. The van der Waals surface area contributed by atoms with Crippen LogP contribution in [0, 0.1) is 17.2 Å². The van der Waals surface area contributed by atoms with E-state index in [2.05, 4.69) is 23.6 Å². The highest BCUT2D eigenvalue weighted by atomic mass is 16.2. The molecule has 0 aromatic carbocycles. The molecule has 1 rings (SSSR count). The number of rotatable bonds is 6. The summed E-state index contributed by atoms with van der Waals surface area (Å²) in [5.41, 5.74) is 0. The van der Waals surface area contributed by atoms with Crippen LogP contribution in [0.4, 0.5) is 0 Å². The Labute approximate surface area is 104 Å². The normalized spacial score (nSPS) is 24.0. The predicted octanol–water partition coefficient (Wildman–Crippen LogP) is 1.57. The number of piperidine rings is 1. The van der Waals surface area contributed by atoms with Gasteiger partial charge in [0.1, 0.15) is 0 Å². The molecule has 1 aliphatic rings. The van der Waals surface area contributed by atoms with E-state index in [-0.39, 0.29) is 11.9 Å². The molecule has 4 nitrogen and oxygen atoms in total. The van der Waals surface area contributed by atoms with E-state index in [0.29, 0.717) is 18.9 Å². The number of carbonyl (C=O) groups excluding carboxylic acids is 1. The molecular formula is C13H23N3O. The number of amides is 1. The van der Waals surface area contributed by atoms with Crippen LogP contribution in [-0.2, 0) is 4.79 Å². The monoisotopic (exact) mass is 237 g/mol. The van der Waals surface area contributed by atoms with Gasteiger partial charge < -0.3 is 10.6 Å². The first-order chi connectivity index (χ1) is 8.27. The van der Waals surface area contributed by atoms with E-state index in [9.17, 15) is 4.79 Å². The molecule has 0 radical (unpaired) electrons. The van der Waals surface area contributed by atoms with Gasteiger partial charge in [0.2, 0.25) is 5.91 Å². The highest BCUT2D eigenvalue weighted by Gasteiger charge is 2.25. The highest BCUT2D eigenvalue weighted by Crippen LogP contribution is 2.19. The summed E-state index contributed by atoms with van der Waals surface area (Å²) in [6.07, 6.45) is 5.64. The molecule has 1 amide bonds. The van der Waals surface area contributed by atoms with Crippen molar-refractivity contribution in [2.75, 3.05) is 13.1 Å². The molecule has 0 saturated carbocycles. The Morgan fingerprint density at radius 3 is 3.06 bits per heavy atom. The maximum absolute atomic E-state index is 11.9. The topological polar surface area (TPSA) is 64.9 Å². The van der Waals surface area contributed by atoms with Gasteiger partial charge in [-0.1, -0.05) is 13.3 Å². The SMILES string of the molecule is CCC1CCNC(C(=O)NCCCCC#N)C1. The predicted molar refractivity (Wildman–Crippen MR) is 67.3 cm³/mol. The van der Waals surface area contributed by atoms with Crippen molar-refractivity contribution in [3.63, 3.8) is 0 Å². The van der Waals surface area contributed by atoms with Crippen molar-refractivity contribution in [2.24, 2.45) is 5.92 Å². The number of nitrogens with one attached hydrogen (secondary N) is 2. The van der Waals surface area contributed by atoms with Crippen LogP contribution in [0.3, 0.4) is 0 Å². The Bertz CT molecular complexity index is 272. The second-order valence-corrected chi connectivity index (χ2v) is 4.71. The zero-order valence-corrected chi connectivity index (χ0v) is 10.7. The number of nitriles is 1. The molecule has 1 heterocycles. The molecule has 1 saturated heterocycles. The van der Waals surface area contributed by atoms with E-state index in [1.165, 1.54) is 6.42 Å². The molecule has 4 heteroatoms. The molecule has 17 heavy (non-hydrogen) atoms. The zero-order chi connectivity index (χ0) is 12.5. The summed E-state index contributed by atoms with van der Waals surface area (Å²) >= 11 is 0. The van der Waals surface area contributed by atoms with Gasteiger partial charge in [0.05, 0.1) is 12.1 Å². The van der Waals surface area contributed by atoms with Crippen LogP contribution < -0.4 is 10.6 Å². The maximum Gasteiger partial charge on any atom is 0.237 e. The molecule has 0 aromatic heterocycles. The summed E-state index contributed by atoms with van der Waals surface area (Å²) in [7, 11) is 0. The third-order valence-corrected chi connectivity index (χ3v) is 3.42. The lowest BCUT2D eigenvalue weighted by molar-refractivity contribution is -0.124. The van der Waals surface area contributed by atoms with Crippen molar-refractivity contribution >= 4 is 5.91 Å². The maximum atomic E-state index is 11.9. The molecule has 2 unspecified atom stereocenters. The molecule has 2 atom stereocenters.